The summed E-state index contributed by atoms with van der Waals surface area (Å²) in [6.07, 6.45) is 0. The Hall–Kier alpha value is -2.01. The molecule has 5 nitrogen and oxygen atoms in total. The molecule has 6 heteroatoms. The van der Waals surface area contributed by atoms with Gasteiger partial charge >= 0.3 is 0 Å². The van der Waals surface area contributed by atoms with Gasteiger partial charge in [0.25, 0.3) is 5.91 Å². The number of hydrogen-bond donors (Lipinski definition) is 2. The first-order chi connectivity index (χ1) is 10.5. The van der Waals surface area contributed by atoms with Crippen LogP contribution in [-0.2, 0) is 11.3 Å². The van der Waals surface area contributed by atoms with E-state index >= 15 is 0 Å². The van der Waals surface area contributed by atoms with Gasteiger partial charge in [0, 0.05) is 42.5 Å². The zero-order valence-electron chi connectivity index (χ0n) is 13.0. The Morgan fingerprint density at radius 2 is 1.91 bits per heavy atom. The van der Waals surface area contributed by atoms with Crippen LogP contribution in [0.3, 0.4) is 0 Å². The van der Waals surface area contributed by atoms with E-state index in [1.807, 2.05) is 36.6 Å². The average Bonchev–Trinajstić information content (AvgIpc) is 2.75. The highest BCUT2D eigenvalue weighted by molar-refractivity contribution is 6.31. The van der Waals surface area contributed by atoms with E-state index in [0.29, 0.717) is 30.4 Å². The number of carbonyl (C=O) groups excluding carboxylic acids is 2. The van der Waals surface area contributed by atoms with Gasteiger partial charge in [-0.25, -0.2) is 0 Å². The van der Waals surface area contributed by atoms with Gasteiger partial charge < -0.3 is 15.2 Å². The predicted octanol–water partition coefficient (Wildman–Crippen LogP) is 2.49. The van der Waals surface area contributed by atoms with Crippen molar-refractivity contribution in [3.05, 3.63) is 34.5 Å². The summed E-state index contributed by atoms with van der Waals surface area (Å²) in [5.41, 5.74) is 2.55. The monoisotopic (exact) mass is 321 g/mol. The number of fused-ring (bicyclic) bond motifs is 1. The smallest absolute Gasteiger partial charge is 0.268 e. The molecule has 2 N–H and O–H groups in total. The molecule has 0 saturated carbocycles. The first-order valence-corrected chi connectivity index (χ1v) is 7.64. The highest BCUT2D eigenvalue weighted by Gasteiger charge is 2.19. The number of nitrogens with one attached hydrogen (secondary N) is 2. The lowest BCUT2D eigenvalue weighted by Gasteiger charge is -2.10. The van der Waals surface area contributed by atoms with Crippen LogP contribution in [-0.4, -0.2) is 29.5 Å². The normalized spacial score (nSPS) is 10.7. The van der Waals surface area contributed by atoms with Crippen molar-refractivity contribution in [1.82, 2.24) is 15.2 Å². The van der Waals surface area contributed by atoms with Crippen LogP contribution >= 0.6 is 11.6 Å². The standard InChI is InChI=1S/C16H20ClN3O2/c1-4-20-14-6-5-12(17)9-13(14)10(2)15(20)16(22)19-8-7-18-11(3)21/h5-6,9H,4,7-8H2,1-3H3,(H,18,21)(H,19,22). The molecule has 0 aliphatic rings. The Morgan fingerprint density at radius 3 is 2.55 bits per heavy atom. The molecule has 1 aromatic carbocycles. The van der Waals surface area contributed by atoms with Crippen molar-refractivity contribution >= 4 is 34.3 Å². The number of nitrogens with zero attached hydrogens (tertiary/aromatic N) is 1. The number of rotatable bonds is 5. The summed E-state index contributed by atoms with van der Waals surface area (Å²) in [4.78, 5) is 23.3. The molecule has 0 aliphatic carbocycles. The second-order valence-electron chi connectivity index (χ2n) is 5.12. The second-order valence-corrected chi connectivity index (χ2v) is 5.55. The van der Waals surface area contributed by atoms with Gasteiger partial charge in [-0.05, 0) is 37.6 Å². The van der Waals surface area contributed by atoms with Crippen molar-refractivity contribution in [2.45, 2.75) is 27.3 Å². The van der Waals surface area contributed by atoms with Crippen molar-refractivity contribution in [3.63, 3.8) is 0 Å². The molecule has 0 bridgehead atoms. The highest BCUT2D eigenvalue weighted by atomic mass is 35.5. The quantitative estimate of drug-likeness (QED) is 0.831. The van der Waals surface area contributed by atoms with E-state index in [-0.39, 0.29) is 11.8 Å². The van der Waals surface area contributed by atoms with Gasteiger partial charge in [0.1, 0.15) is 5.69 Å². The van der Waals surface area contributed by atoms with E-state index in [2.05, 4.69) is 10.6 Å². The number of aryl methyl sites for hydroxylation is 2. The number of aromatic nitrogens is 1. The molecule has 0 atom stereocenters. The maximum Gasteiger partial charge on any atom is 0.268 e. The molecule has 2 amide bonds. The summed E-state index contributed by atoms with van der Waals surface area (Å²) in [5.74, 6) is -0.250. The predicted molar refractivity (Wildman–Crippen MR) is 88.4 cm³/mol. The fourth-order valence-electron chi connectivity index (χ4n) is 2.61. The van der Waals surface area contributed by atoms with Gasteiger partial charge in [-0.1, -0.05) is 11.6 Å². The van der Waals surface area contributed by atoms with E-state index in [1.54, 1.807) is 0 Å². The SMILES string of the molecule is CCn1c(C(=O)NCCNC(C)=O)c(C)c2cc(Cl)ccc21. The summed E-state index contributed by atoms with van der Waals surface area (Å²) in [6, 6.07) is 5.64. The van der Waals surface area contributed by atoms with Crippen LogP contribution in [0.5, 0.6) is 0 Å². The van der Waals surface area contributed by atoms with Crippen LogP contribution in [0.25, 0.3) is 10.9 Å². The Bertz CT molecular complexity index is 722. The zero-order valence-corrected chi connectivity index (χ0v) is 13.8. The summed E-state index contributed by atoms with van der Waals surface area (Å²) in [6.45, 7) is 6.88. The molecule has 0 unspecified atom stereocenters. The number of benzene rings is 1. The zero-order chi connectivity index (χ0) is 16.3. The minimum Gasteiger partial charge on any atom is -0.355 e. The molecule has 0 aliphatic heterocycles. The number of hydrogen-bond acceptors (Lipinski definition) is 2. The van der Waals surface area contributed by atoms with Crippen LogP contribution < -0.4 is 10.6 Å². The number of halogens is 1. The Kier molecular flexibility index (Phi) is 5.08. The summed E-state index contributed by atoms with van der Waals surface area (Å²) in [7, 11) is 0. The first-order valence-electron chi connectivity index (χ1n) is 7.26. The largest absolute Gasteiger partial charge is 0.355 e. The lowest BCUT2D eigenvalue weighted by molar-refractivity contribution is -0.118. The van der Waals surface area contributed by atoms with Crippen molar-refractivity contribution < 1.29 is 9.59 Å². The minimum atomic E-state index is -0.142. The fourth-order valence-corrected chi connectivity index (χ4v) is 2.79. The third-order valence-electron chi connectivity index (χ3n) is 3.59. The summed E-state index contributed by atoms with van der Waals surface area (Å²) in [5, 5.41) is 7.13. The number of carbonyl (C=O) groups is 2. The van der Waals surface area contributed by atoms with E-state index in [0.717, 1.165) is 16.5 Å². The number of amides is 2. The van der Waals surface area contributed by atoms with Gasteiger partial charge in [-0.3, -0.25) is 9.59 Å². The molecule has 118 valence electrons. The lowest BCUT2D eigenvalue weighted by Crippen LogP contribution is -2.34. The minimum absolute atomic E-state index is 0.109. The van der Waals surface area contributed by atoms with Crippen molar-refractivity contribution in [2.24, 2.45) is 0 Å². The van der Waals surface area contributed by atoms with Gasteiger partial charge in [-0.15, -0.1) is 0 Å². The molecule has 0 radical (unpaired) electrons. The maximum atomic E-state index is 12.5. The molecule has 22 heavy (non-hydrogen) atoms. The highest BCUT2D eigenvalue weighted by Crippen LogP contribution is 2.28. The molecule has 0 fully saturated rings. The third kappa shape index (κ3) is 3.25. The molecule has 1 aromatic heterocycles. The molecule has 0 saturated heterocycles. The average molecular weight is 322 g/mol. The Morgan fingerprint density at radius 1 is 1.23 bits per heavy atom. The molecule has 1 heterocycles. The van der Waals surface area contributed by atoms with Crippen LogP contribution in [0, 0.1) is 6.92 Å². The summed E-state index contributed by atoms with van der Waals surface area (Å²) >= 11 is 6.06. The van der Waals surface area contributed by atoms with Crippen LogP contribution in [0.2, 0.25) is 5.02 Å². The van der Waals surface area contributed by atoms with E-state index in [1.165, 1.54) is 6.92 Å². The maximum absolute atomic E-state index is 12.5. The third-order valence-corrected chi connectivity index (χ3v) is 3.83. The van der Waals surface area contributed by atoms with E-state index in [9.17, 15) is 9.59 Å². The van der Waals surface area contributed by atoms with Gasteiger partial charge in [-0.2, -0.15) is 0 Å². The van der Waals surface area contributed by atoms with Gasteiger partial charge in [0.2, 0.25) is 5.91 Å². The van der Waals surface area contributed by atoms with Gasteiger partial charge in [0.15, 0.2) is 0 Å². The topological polar surface area (TPSA) is 63.1 Å². The lowest BCUT2D eigenvalue weighted by atomic mass is 10.1. The van der Waals surface area contributed by atoms with Crippen LogP contribution in [0.4, 0.5) is 0 Å². The van der Waals surface area contributed by atoms with Crippen molar-refractivity contribution in [2.75, 3.05) is 13.1 Å². The molecule has 0 spiro atoms. The molecular weight excluding hydrogens is 302 g/mol. The van der Waals surface area contributed by atoms with Crippen LogP contribution in [0.15, 0.2) is 18.2 Å². The van der Waals surface area contributed by atoms with E-state index in [4.69, 9.17) is 11.6 Å². The first kappa shape index (κ1) is 16.4. The fraction of sp³-hybridized carbons (Fsp3) is 0.375. The van der Waals surface area contributed by atoms with Gasteiger partial charge in [0.05, 0.1) is 0 Å². The van der Waals surface area contributed by atoms with Crippen molar-refractivity contribution in [1.29, 1.82) is 0 Å². The molecule has 2 rings (SSSR count). The Labute approximate surface area is 134 Å². The Balaban J connectivity index is 2.28. The molecular formula is C16H20ClN3O2. The van der Waals surface area contributed by atoms with Crippen molar-refractivity contribution in [3.8, 4) is 0 Å². The van der Waals surface area contributed by atoms with Crippen LogP contribution in [0.1, 0.15) is 29.9 Å². The van der Waals surface area contributed by atoms with E-state index < -0.39 is 0 Å². The second kappa shape index (κ2) is 6.83. The summed E-state index contributed by atoms with van der Waals surface area (Å²) < 4.78 is 1.98. The molecule has 2 aromatic rings.